The zero-order chi connectivity index (χ0) is 28.1. The second kappa shape index (κ2) is 10.1. The molecule has 2 aromatic carbocycles. The highest BCUT2D eigenvalue weighted by atomic mass is 79.9. The third-order valence-corrected chi connectivity index (χ3v) is 9.00. The van der Waals surface area contributed by atoms with Crippen LogP contribution in [-0.2, 0) is 34.5 Å². The van der Waals surface area contributed by atoms with Crippen LogP contribution < -0.4 is 0 Å². The van der Waals surface area contributed by atoms with Gasteiger partial charge in [-0.2, -0.15) is 0 Å². The van der Waals surface area contributed by atoms with Gasteiger partial charge in [0.2, 0.25) is 0 Å². The topological polar surface area (TPSA) is 34.1 Å². The van der Waals surface area contributed by atoms with Crippen molar-refractivity contribution in [2.24, 2.45) is 0 Å². The maximum Gasteiger partial charge on any atom is 0.173 e. The third-order valence-electron chi connectivity index (χ3n) is 8.49. The number of rotatable bonds is 3. The number of fused-ring (bicyclic) bond motifs is 2. The van der Waals surface area contributed by atoms with Gasteiger partial charge >= 0.3 is 0 Å². The lowest BCUT2D eigenvalue weighted by atomic mass is 9.79. The molecule has 0 amide bonds. The van der Waals surface area contributed by atoms with E-state index in [-0.39, 0.29) is 33.2 Å². The number of hydrogen-bond acceptors (Lipinski definition) is 2. The highest BCUT2D eigenvalue weighted by molar-refractivity contribution is 9.09. The number of benzene rings is 2. The van der Waals surface area contributed by atoms with E-state index in [0.29, 0.717) is 5.33 Å². The van der Waals surface area contributed by atoms with Gasteiger partial charge < -0.3 is 0 Å². The summed E-state index contributed by atoms with van der Waals surface area (Å²) >= 11 is 3.31. The Kier molecular flexibility index (Phi) is 8.14. The van der Waals surface area contributed by atoms with Gasteiger partial charge in [-0.25, -0.2) is 0 Å². The molecule has 37 heavy (non-hydrogen) atoms. The fraction of sp³-hybridized carbons (Fsp3) is 0.588. The summed E-state index contributed by atoms with van der Waals surface area (Å²) in [5.41, 5.74) is 10.3. The normalized spacial score (nSPS) is 17.5. The first-order valence-corrected chi connectivity index (χ1v) is 14.9. The van der Waals surface area contributed by atoms with E-state index in [9.17, 15) is 9.59 Å². The number of alkyl halides is 1. The van der Waals surface area contributed by atoms with Crippen molar-refractivity contribution in [3.63, 3.8) is 0 Å². The first kappa shape index (κ1) is 29.8. The Bertz CT molecular complexity index is 1220. The van der Waals surface area contributed by atoms with Gasteiger partial charge in [0.05, 0.1) is 5.33 Å². The number of hydrogen-bond donors (Lipinski definition) is 0. The molecular weight excluding hydrogens is 520 g/mol. The molecule has 0 fully saturated rings. The summed E-state index contributed by atoms with van der Waals surface area (Å²) in [6.45, 7) is 24.1. The predicted molar refractivity (Wildman–Crippen MR) is 161 cm³/mol. The van der Waals surface area contributed by atoms with Gasteiger partial charge in [0, 0.05) is 11.1 Å². The van der Waals surface area contributed by atoms with Crippen molar-refractivity contribution in [1.82, 2.24) is 0 Å². The first-order valence-electron chi connectivity index (χ1n) is 13.8. The lowest BCUT2D eigenvalue weighted by molar-refractivity contribution is 0.101. The maximum atomic E-state index is 12.2. The Morgan fingerprint density at radius 3 is 1.46 bits per heavy atom. The van der Waals surface area contributed by atoms with Crippen LogP contribution in [0.5, 0.6) is 0 Å². The van der Waals surface area contributed by atoms with E-state index in [1.165, 1.54) is 33.4 Å². The molecule has 0 saturated heterocycles. The Hall–Kier alpha value is -1.74. The third kappa shape index (κ3) is 6.13. The molecule has 0 atom stereocenters. The van der Waals surface area contributed by atoms with Gasteiger partial charge in [-0.15, -0.1) is 0 Å². The van der Waals surface area contributed by atoms with E-state index < -0.39 is 0 Å². The monoisotopic (exact) mass is 566 g/mol. The molecule has 4 rings (SSSR count). The Morgan fingerprint density at radius 1 is 0.730 bits per heavy atom. The average molecular weight is 568 g/mol. The summed E-state index contributed by atoms with van der Waals surface area (Å²) in [4.78, 5) is 24.1. The molecule has 3 heteroatoms. The summed E-state index contributed by atoms with van der Waals surface area (Å²) in [5, 5.41) is 0.410. The number of carbonyl (C=O) groups excluding carboxylic acids is 2. The minimum absolute atomic E-state index is 0.0784. The van der Waals surface area contributed by atoms with Crippen LogP contribution in [0.2, 0.25) is 0 Å². The maximum absolute atomic E-state index is 12.2. The zero-order valence-electron chi connectivity index (χ0n) is 25.0. The number of ketones is 2. The summed E-state index contributed by atoms with van der Waals surface area (Å²) in [6.07, 6.45) is 4.36. The predicted octanol–water partition coefficient (Wildman–Crippen LogP) is 9.20. The summed E-state index contributed by atoms with van der Waals surface area (Å²) < 4.78 is 0. The second-order valence-electron chi connectivity index (χ2n) is 14.5. The van der Waals surface area contributed by atoms with Crippen LogP contribution >= 0.6 is 15.9 Å². The molecule has 0 saturated carbocycles. The fourth-order valence-electron chi connectivity index (χ4n) is 5.74. The first-order chi connectivity index (χ1) is 16.8. The quantitative estimate of drug-likeness (QED) is 0.274. The summed E-state index contributed by atoms with van der Waals surface area (Å²) in [5.74, 6) is 0.412. The van der Waals surface area contributed by atoms with Gasteiger partial charge in [-0.1, -0.05) is 97.3 Å². The van der Waals surface area contributed by atoms with Gasteiger partial charge in [-0.3, -0.25) is 9.59 Å². The van der Waals surface area contributed by atoms with Crippen LogP contribution in [0, 0.1) is 0 Å². The van der Waals surface area contributed by atoms with Crippen molar-refractivity contribution in [3.8, 4) is 0 Å². The van der Waals surface area contributed by atoms with Crippen molar-refractivity contribution in [1.29, 1.82) is 0 Å². The lowest BCUT2D eigenvalue weighted by Crippen LogP contribution is -2.18. The smallest absolute Gasteiger partial charge is 0.173 e. The molecule has 0 aromatic heterocycles. The van der Waals surface area contributed by atoms with Gasteiger partial charge in [0.1, 0.15) is 0 Å². The fourth-order valence-corrected chi connectivity index (χ4v) is 6.04. The van der Waals surface area contributed by atoms with Gasteiger partial charge in [0.25, 0.3) is 0 Å². The number of Topliss-reactive ketones (excluding diaryl/α,β-unsaturated/α-hetero) is 2. The van der Waals surface area contributed by atoms with Crippen LogP contribution in [0.25, 0.3) is 0 Å². The summed E-state index contributed by atoms with van der Waals surface area (Å²) in [7, 11) is 0. The molecule has 2 nitrogen and oxygen atoms in total. The Morgan fingerprint density at radius 2 is 1.11 bits per heavy atom. The Labute approximate surface area is 234 Å². The van der Waals surface area contributed by atoms with E-state index in [1.807, 2.05) is 0 Å². The molecule has 202 valence electrons. The molecule has 0 heterocycles. The van der Waals surface area contributed by atoms with E-state index in [4.69, 9.17) is 0 Å². The highest BCUT2D eigenvalue weighted by Crippen LogP contribution is 2.43. The highest BCUT2D eigenvalue weighted by Gasteiger charge is 2.35. The van der Waals surface area contributed by atoms with Gasteiger partial charge in [-0.05, 0) is 99.8 Å². The van der Waals surface area contributed by atoms with E-state index in [1.54, 1.807) is 6.92 Å². The average Bonchev–Trinajstić information content (AvgIpc) is 3.26. The lowest BCUT2D eigenvalue weighted by Gasteiger charge is -2.25. The standard InChI is InChI=1S/C17H23BrO.C17H24O/c1-16(2,3)11-8-13(15(19)10-18)12-6-7-17(4,5)14(12)9-11;1-11(18)14-9-12(16(2,3)4)10-15-13(14)7-8-17(15,5)6/h8-9H,6-7,10H2,1-5H3;9-10H,7-8H2,1-6H3. The van der Waals surface area contributed by atoms with E-state index in [2.05, 4.69) is 109 Å². The molecule has 0 unspecified atom stereocenters. The van der Waals surface area contributed by atoms with Crippen molar-refractivity contribution < 1.29 is 9.59 Å². The number of carbonyl (C=O) groups is 2. The van der Waals surface area contributed by atoms with Crippen LogP contribution in [0.4, 0.5) is 0 Å². The zero-order valence-corrected chi connectivity index (χ0v) is 26.6. The SMILES string of the molecule is CC(=O)c1cc(C(C)(C)C)cc2c1CCC2(C)C.CC(C)(C)c1cc(C(=O)CBr)c2c(c1)C(C)(C)CC2. The van der Waals surface area contributed by atoms with Crippen molar-refractivity contribution in [2.75, 3.05) is 5.33 Å². The number of halogens is 1. The molecule has 0 spiro atoms. The van der Waals surface area contributed by atoms with Gasteiger partial charge in [0.15, 0.2) is 11.6 Å². The largest absolute Gasteiger partial charge is 0.295 e. The minimum atomic E-state index is 0.0784. The second-order valence-corrected chi connectivity index (χ2v) is 15.0. The van der Waals surface area contributed by atoms with E-state index in [0.717, 1.165) is 36.8 Å². The molecule has 0 N–H and O–H groups in total. The minimum Gasteiger partial charge on any atom is -0.295 e. The molecular formula is C34H47BrO2. The molecule has 0 bridgehead atoms. The van der Waals surface area contributed by atoms with Crippen molar-refractivity contribution >= 4 is 27.5 Å². The van der Waals surface area contributed by atoms with Crippen LogP contribution in [0.15, 0.2) is 24.3 Å². The van der Waals surface area contributed by atoms with E-state index >= 15 is 0 Å². The summed E-state index contributed by atoms with van der Waals surface area (Å²) in [6, 6.07) is 8.88. The van der Waals surface area contributed by atoms with Crippen LogP contribution in [-0.4, -0.2) is 16.9 Å². The van der Waals surface area contributed by atoms with Crippen molar-refractivity contribution in [3.05, 3.63) is 68.8 Å². The van der Waals surface area contributed by atoms with Crippen molar-refractivity contribution in [2.45, 2.75) is 124 Å². The molecule has 2 aliphatic carbocycles. The molecule has 0 radical (unpaired) electrons. The van der Waals surface area contributed by atoms with Crippen LogP contribution in [0.1, 0.15) is 143 Å². The Balaban J connectivity index is 0.000000206. The van der Waals surface area contributed by atoms with Crippen LogP contribution in [0.3, 0.4) is 0 Å². The molecule has 2 aromatic rings. The molecule has 2 aliphatic rings. The molecule has 0 aliphatic heterocycles.